The Morgan fingerprint density at radius 2 is 2.06 bits per heavy atom. The molecule has 94 valence electrons. The summed E-state index contributed by atoms with van der Waals surface area (Å²) in [5.74, 6) is 1.51. The highest BCUT2D eigenvalue weighted by Crippen LogP contribution is 2.17. The molecule has 2 aromatic heterocycles. The molecule has 0 amide bonds. The lowest BCUT2D eigenvalue weighted by Gasteiger charge is -2.13. The van der Waals surface area contributed by atoms with E-state index in [0.717, 1.165) is 23.6 Å². The van der Waals surface area contributed by atoms with Gasteiger partial charge in [-0.3, -0.25) is 4.98 Å². The van der Waals surface area contributed by atoms with E-state index in [0.29, 0.717) is 12.4 Å². The molecule has 0 aromatic carbocycles. The quantitative estimate of drug-likeness (QED) is 0.871. The Hall–Kier alpha value is -2.01. The van der Waals surface area contributed by atoms with Gasteiger partial charge in [-0.25, -0.2) is 9.97 Å². The molecule has 0 aliphatic rings. The van der Waals surface area contributed by atoms with Crippen molar-refractivity contribution >= 4 is 5.82 Å². The highest BCUT2D eigenvalue weighted by atomic mass is 15.2. The van der Waals surface area contributed by atoms with Gasteiger partial charge in [0.1, 0.15) is 11.5 Å². The maximum Gasteiger partial charge on any atom is 0.180 e. The van der Waals surface area contributed by atoms with Crippen LogP contribution in [0.4, 0.5) is 5.82 Å². The Bertz CT molecular complexity index is 510. The molecule has 5 heteroatoms. The molecule has 0 aliphatic carbocycles. The zero-order chi connectivity index (χ0) is 13.0. The fraction of sp³-hybridized carbons (Fsp3) is 0.308. The second-order valence-corrected chi connectivity index (χ2v) is 4.19. The van der Waals surface area contributed by atoms with E-state index >= 15 is 0 Å². The van der Waals surface area contributed by atoms with Crippen molar-refractivity contribution in [1.82, 2.24) is 15.0 Å². The van der Waals surface area contributed by atoms with Crippen molar-refractivity contribution in [3.05, 3.63) is 36.2 Å². The average Bonchev–Trinajstić information content (AvgIpc) is 2.40. The fourth-order valence-electron chi connectivity index (χ4n) is 1.60. The minimum atomic E-state index is 0.575. The van der Waals surface area contributed by atoms with Crippen LogP contribution in [-0.4, -0.2) is 35.6 Å². The van der Waals surface area contributed by atoms with Gasteiger partial charge in [-0.15, -0.1) is 0 Å². The topological polar surface area (TPSA) is 67.9 Å². The van der Waals surface area contributed by atoms with Crippen molar-refractivity contribution < 1.29 is 0 Å². The van der Waals surface area contributed by atoms with E-state index in [1.54, 1.807) is 6.20 Å². The first kappa shape index (κ1) is 12.4. The molecule has 18 heavy (non-hydrogen) atoms. The summed E-state index contributed by atoms with van der Waals surface area (Å²) in [6.07, 6.45) is 2.48. The maximum absolute atomic E-state index is 5.59. The molecule has 0 aliphatic heterocycles. The van der Waals surface area contributed by atoms with Crippen molar-refractivity contribution in [3.8, 4) is 11.5 Å². The molecule has 0 radical (unpaired) electrons. The summed E-state index contributed by atoms with van der Waals surface area (Å²) < 4.78 is 0. The predicted molar refractivity (Wildman–Crippen MR) is 72.3 cm³/mol. The molecular formula is C13H17N5. The SMILES string of the molecule is CN(C)c1cc(CCN)nc(-c2ccccn2)n1. The van der Waals surface area contributed by atoms with Gasteiger partial charge in [0.15, 0.2) is 5.82 Å². The van der Waals surface area contributed by atoms with Gasteiger partial charge in [0.2, 0.25) is 0 Å². The molecule has 0 saturated heterocycles. The largest absolute Gasteiger partial charge is 0.363 e. The normalized spacial score (nSPS) is 10.4. The van der Waals surface area contributed by atoms with E-state index < -0.39 is 0 Å². The van der Waals surface area contributed by atoms with E-state index in [1.807, 2.05) is 43.3 Å². The molecule has 0 saturated carbocycles. The highest BCUT2D eigenvalue weighted by Gasteiger charge is 2.08. The Morgan fingerprint density at radius 1 is 1.22 bits per heavy atom. The van der Waals surface area contributed by atoms with Gasteiger partial charge >= 0.3 is 0 Å². The molecule has 0 spiro atoms. The molecular weight excluding hydrogens is 226 g/mol. The van der Waals surface area contributed by atoms with E-state index in [9.17, 15) is 0 Å². The minimum absolute atomic E-state index is 0.575. The highest BCUT2D eigenvalue weighted by molar-refractivity contribution is 5.53. The molecule has 0 atom stereocenters. The zero-order valence-electron chi connectivity index (χ0n) is 10.7. The Balaban J connectivity index is 2.46. The number of anilines is 1. The second-order valence-electron chi connectivity index (χ2n) is 4.19. The van der Waals surface area contributed by atoms with Crippen LogP contribution in [-0.2, 0) is 6.42 Å². The first-order valence-electron chi connectivity index (χ1n) is 5.87. The summed E-state index contributed by atoms with van der Waals surface area (Å²) in [5, 5.41) is 0. The lowest BCUT2D eigenvalue weighted by atomic mass is 10.2. The lowest BCUT2D eigenvalue weighted by Crippen LogP contribution is -2.14. The van der Waals surface area contributed by atoms with Crippen molar-refractivity contribution in [2.45, 2.75) is 6.42 Å². The van der Waals surface area contributed by atoms with Gasteiger partial charge in [0, 0.05) is 38.5 Å². The van der Waals surface area contributed by atoms with Crippen molar-refractivity contribution in [3.63, 3.8) is 0 Å². The van der Waals surface area contributed by atoms with Crippen LogP contribution in [0.5, 0.6) is 0 Å². The number of hydrogen-bond acceptors (Lipinski definition) is 5. The second kappa shape index (κ2) is 5.55. The standard InChI is InChI=1S/C13H17N5/c1-18(2)12-9-10(6-7-14)16-13(17-12)11-5-3-4-8-15-11/h3-5,8-9H,6-7,14H2,1-2H3. The molecule has 2 N–H and O–H groups in total. The average molecular weight is 243 g/mol. The first-order chi connectivity index (χ1) is 8.70. The molecule has 0 fully saturated rings. The fourth-order valence-corrected chi connectivity index (χ4v) is 1.60. The summed E-state index contributed by atoms with van der Waals surface area (Å²) in [4.78, 5) is 15.2. The monoisotopic (exact) mass is 243 g/mol. The summed E-state index contributed by atoms with van der Waals surface area (Å²) in [5.41, 5.74) is 7.30. The molecule has 5 nitrogen and oxygen atoms in total. The van der Waals surface area contributed by atoms with Crippen LogP contribution in [0.1, 0.15) is 5.69 Å². The molecule has 2 rings (SSSR count). The number of rotatable bonds is 4. The molecule has 2 heterocycles. The van der Waals surface area contributed by atoms with E-state index in [2.05, 4.69) is 15.0 Å². The zero-order valence-corrected chi connectivity index (χ0v) is 10.7. The van der Waals surface area contributed by atoms with Gasteiger partial charge in [0.05, 0.1) is 0 Å². The molecule has 0 bridgehead atoms. The van der Waals surface area contributed by atoms with Gasteiger partial charge < -0.3 is 10.6 Å². The Morgan fingerprint density at radius 3 is 2.67 bits per heavy atom. The van der Waals surface area contributed by atoms with Gasteiger partial charge in [-0.2, -0.15) is 0 Å². The number of nitrogens with zero attached hydrogens (tertiary/aromatic N) is 4. The van der Waals surface area contributed by atoms with E-state index in [4.69, 9.17) is 5.73 Å². The van der Waals surface area contributed by atoms with Crippen molar-refractivity contribution in [2.24, 2.45) is 5.73 Å². The van der Waals surface area contributed by atoms with Crippen LogP contribution in [0.3, 0.4) is 0 Å². The van der Waals surface area contributed by atoms with Crippen LogP contribution in [0.2, 0.25) is 0 Å². The predicted octanol–water partition coefficient (Wildman–Crippen LogP) is 1.11. The number of nitrogens with two attached hydrogens (primary N) is 1. The van der Waals surface area contributed by atoms with Crippen LogP contribution in [0, 0.1) is 0 Å². The van der Waals surface area contributed by atoms with Crippen LogP contribution < -0.4 is 10.6 Å². The third kappa shape index (κ3) is 2.81. The summed E-state index contributed by atoms with van der Waals surface area (Å²) in [6.45, 7) is 0.575. The minimum Gasteiger partial charge on any atom is -0.363 e. The maximum atomic E-state index is 5.59. The molecule has 2 aromatic rings. The molecule has 0 unspecified atom stereocenters. The number of pyridine rings is 1. The van der Waals surface area contributed by atoms with Gasteiger partial charge in [0.25, 0.3) is 0 Å². The van der Waals surface area contributed by atoms with Crippen LogP contribution in [0.25, 0.3) is 11.5 Å². The van der Waals surface area contributed by atoms with Crippen molar-refractivity contribution in [2.75, 3.05) is 25.5 Å². The Kier molecular flexibility index (Phi) is 3.84. The Labute approximate surface area is 107 Å². The van der Waals surface area contributed by atoms with E-state index in [-0.39, 0.29) is 0 Å². The first-order valence-corrected chi connectivity index (χ1v) is 5.87. The summed E-state index contributed by atoms with van der Waals surface area (Å²) >= 11 is 0. The summed E-state index contributed by atoms with van der Waals surface area (Å²) in [6, 6.07) is 7.66. The third-order valence-corrected chi connectivity index (χ3v) is 2.52. The van der Waals surface area contributed by atoms with E-state index in [1.165, 1.54) is 0 Å². The number of aromatic nitrogens is 3. The van der Waals surface area contributed by atoms with Crippen LogP contribution in [0.15, 0.2) is 30.5 Å². The van der Waals surface area contributed by atoms with Gasteiger partial charge in [-0.05, 0) is 18.7 Å². The number of hydrogen-bond donors (Lipinski definition) is 1. The van der Waals surface area contributed by atoms with Crippen molar-refractivity contribution in [1.29, 1.82) is 0 Å². The summed E-state index contributed by atoms with van der Waals surface area (Å²) in [7, 11) is 3.91. The lowest BCUT2D eigenvalue weighted by molar-refractivity contribution is 0.902. The van der Waals surface area contributed by atoms with Crippen LogP contribution >= 0.6 is 0 Å². The third-order valence-electron chi connectivity index (χ3n) is 2.52. The smallest absolute Gasteiger partial charge is 0.180 e. The van der Waals surface area contributed by atoms with Gasteiger partial charge in [-0.1, -0.05) is 6.07 Å².